The maximum absolute atomic E-state index is 12.3. The molecule has 6 nitrogen and oxygen atoms in total. The number of thioether (sulfide) groups is 1. The number of carbonyl (C=O) groups excluding carboxylic acids is 1. The van der Waals surface area contributed by atoms with Crippen LogP contribution in [0, 0.1) is 6.92 Å². The van der Waals surface area contributed by atoms with Gasteiger partial charge in [0.15, 0.2) is 11.0 Å². The van der Waals surface area contributed by atoms with Crippen LogP contribution in [0.4, 0.5) is 5.82 Å². The second-order valence-corrected chi connectivity index (χ2v) is 9.14. The number of thiophene rings is 1. The topological polar surface area (TPSA) is 72.7 Å². The van der Waals surface area contributed by atoms with E-state index in [0.717, 1.165) is 40.4 Å². The smallest absolute Gasteiger partial charge is 0.236 e. The molecule has 0 radical (unpaired) electrons. The van der Waals surface area contributed by atoms with Crippen LogP contribution in [0.25, 0.3) is 11.4 Å². The highest BCUT2D eigenvalue weighted by Gasteiger charge is 2.19. The Labute approximate surface area is 181 Å². The Kier molecular flexibility index (Phi) is 7.25. The Morgan fingerprint density at radius 1 is 1.32 bits per heavy atom. The molecule has 3 aromatic heterocycles. The molecule has 3 heterocycles. The maximum atomic E-state index is 12.3. The Bertz CT molecular complexity index is 952. The zero-order valence-corrected chi connectivity index (χ0v) is 19.2. The number of carbonyl (C=O) groups is 1. The minimum absolute atomic E-state index is 0.118. The second kappa shape index (κ2) is 9.67. The van der Waals surface area contributed by atoms with Crippen molar-refractivity contribution in [3.63, 3.8) is 0 Å². The summed E-state index contributed by atoms with van der Waals surface area (Å²) in [4.78, 5) is 17.8. The Morgan fingerprint density at radius 2 is 2.14 bits per heavy atom. The van der Waals surface area contributed by atoms with Gasteiger partial charge in [0.05, 0.1) is 5.75 Å². The SMILES string of the molecule is CCCn1c(SCC(=O)Nc2ccc(Br)cn2)nnc1-c1csc(C)c1CC. The fourth-order valence-corrected chi connectivity index (χ4v) is 4.82. The van der Waals surface area contributed by atoms with E-state index in [4.69, 9.17) is 0 Å². The zero-order valence-electron chi connectivity index (χ0n) is 16.0. The molecule has 28 heavy (non-hydrogen) atoms. The number of hydrogen-bond acceptors (Lipinski definition) is 6. The van der Waals surface area contributed by atoms with Crippen LogP contribution in [0.3, 0.4) is 0 Å². The lowest BCUT2D eigenvalue weighted by atomic mass is 10.1. The van der Waals surface area contributed by atoms with Crippen LogP contribution in [0.5, 0.6) is 0 Å². The summed E-state index contributed by atoms with van der Waals surface area (Å²) in [6.07, 6.45) is 3.59. The second-order valence-electron chi connectivity index (χ2n) is 6.19. The quantitative estimate of drug-likeness (QED) is 0.450. The predicted octanol–water partition coefficient (Wildman–Crippen LogP) is 5.18. The summed E-state index contributed by atoms with van der Waals surface area (Å²) < 4.78 is 2.99. The number of hydrogen-bond donors (Lipinski definition) is 1. The molecule has 0 aliphatic heterocycles. The average molecular weight is 480 g/mol. The van der Waals surface area contributed by atoms with Gasteiger partial charge < -0.3 is 9.88 Å². The molecule has 0 saturated carbocycles. The lowest BCUT2D eigenvalue weighted by molar-refractivity contribution is -0.113. The Hall–Kier alpha value is -1.71. The highest BCUT2D eigenvalue weighted by atomic mass is 79.9. The highest BCUT2D eigenvalue weighted by molar-refractivity contribution is 9.10. The van der Waals surface area contributed by atoms with E-state index in [-0.39, 0.29) is 11.7 Å². The summed E-state index contributed by atoms with van der Waals surface area (Å²) in [6.45, 7) is 7.25. The van der Waals surface area contributed by atoms with Crippen molar-refractivity contribution in [2.24, 2.45) is 0 Å². The van der Waals surface area contributed by atoms with Gasteiger partial charge in [0.2, 0.25) is 5.91 Å². The molecule has 0 fully saturated rings. The van der Waals surface area contributed by atoms with Gasteiger partial charge in [0, 0.05) is 33.0 Å². The van der Waals surface area contributed by atoms with Crippen molar-refractivity contribution in [3.05, 3.63) is 38.6 Å². The van der Waals surface area contributed by atoms with E-state index >= 15 is 0 Å². The molecule has 3 aromatic rings. The summed E-state index contributed by atoms with van der Waals surface area (Å²) in [5.74, 6) is 1.56. The predicted molar refractivity (Wildman–Crippen MR) is 119 cm³/mol. The molecule has 0 aromatic carbocycles. The van der Waals surface area contributed by atoms with Crippen molar-refractivity contribution in [1.82, 2.24) is 19.7 Å². The van der Waals surface area contributed by atoms with Gasteiger partial charge in [-0.05, 0) is 53.4 Å². The minimum Gasteiger partial charge on any atom is -0.310 e. The van der Waals surface area contributed by atoms with E-state index < -0.39 is 0 Å². The monoisotopic (exact) mass is 479 g/mol. The number of pyridine rings is 1. The summed E-state index contributed by atoms with van der Waals surface area (Å²) in [5, 5.41) is 14.5. The van der Waals surface area contributed by atoms with Gasteiger partial charge in [0.25, 0.3) is 0 Å². The third-order valence-electron chi connectivity index (χ3n) is 4.19. The van der Waals surface area contributed by atoms with E-state index in [9.17, 15) is 4.79 Å². The molecule has 9 heteroatoms. The van der Waals surface area contributed by atoms with Crippen LogP contribution in [0.15, 0.2) is 33.3 Å². The first-order valence-electron chi connectivity index (χ1n) is 9.08. The fraction of sp³-hybridized carbons (Fsp3) is 0.368. The van der Waals surface area contributed by atoms with Crippen molar-refractivity contribution in [3.8, 4) is 11.4 Å². The van der Waals surface area contributed by atoms with Crippen LogP contribution in [0.1, 0.15) is 30.7 Å². The number of rotatable bonds is 8. The first kappa shape index (κ1) is 21.0. The van der Waals surface area contributed by atoms with Gasteiger partial charge in [-0.25, -0.2) is 4.98 Å². The van der Waals surface area contributed by atoms with Gasteiger partial charge in [-0.2, -0.15) is 0 Å². The highest BCUT2D eigenvalue weighted by Crippen LogP contribution is 2.32. The van der Waals surface area contributed by atoms with Crippen LogP contribution < -0.4 is 5.32 Å². The molecule has 148 valence electrons. The molecule has 0 aliphatic rings. The van der Waals surface area contributed by atoms with Gasteiger partial charge in [-0.15, -0.1) is 21.5 Å². The molecule has 0 aliphatic carbocycles. The molecule has 0 bridgehead atoms. The minimum atomic E-state index is -0.118. The van der Waals surface area contributed by atoms with Gasteiger partial charge >= 0.3 is 0 Å². The maximum Gasteiger partial charge on any atom is 0.236 e. The van der Waals surface area contributed by atoms with Crippen molar-refractivity contribution < 1.29 is 4.79 Å². The number of nitrogens with one attached hydrogen (secondary N) is 1. The molecular formula is C19H22BrN5OS2. The van der Waals surface area contributed by atoms with Crippen LogP contribution in [-0.2, 0) is 17.8 Å². The van der Waals surface area contributed by atoms with E-state index in [0.29, 0.717) is 5.82 Å². The number of nitrogens with zero attached hydrogens (tertiary/aromatic N) is 4. The standard InChI is InChI=1S/C19H22BrN5OS2/c1-4-8-25-18(15-10-27-12(3)14(15)5-2)23-24-19(25)28-11-17(26)22-16-7-6-13(20)9-21-16/h6-7,9-10H,4-5,8,11H2,1-3H3,(H,21,22,26). The Balaban J connectivity index is 1.74. The molecular weight excluding hydrogens is 458 g/mol. The average Bonchev–Trinajstić information content (AvgIpc) is 3.25. The first-order valence-corrected chi connectivity index (χ1v) is 11.7. The van der Waals surface area contributed by atoms with E-state index in [2.05, 4.69) is 67.1 Å². The first-order chi connectivity index (χ1) is 13.5. The van der Waals surface area contributed by atoms with Crippen LogP contribution in [-0.4, -0.2) is 31.4 Å². The molecule has 0 unspecified atom stereocenters. The third kappa shape index (κ3) is 4.82. The zero-order chi connectivity index (χ0) is 20.1. The van der Waals surface area contributed by atoms with E-state index in [1.165, 1.54) is 22.2 Å². The molecule has 1 amide bonds. The number of aryl methyl sites for hydroxylation is 1. The lowest BCUT2D eigenvalue weighted by Crippen LogP contribution is -2.15. The van der Waals surface area contributed by atoms with Gasteiger partial charge in [0.1, 0.15) is 5.82 Å². The number of amides is 1. The number of halogens is 1. The summed E-state index contributed by atoms with van der Waals surface area (Å²) in [6, 6.07) is 3.60. The van der Waals surface area contributed by atoms with Crippen molar-refractivity contribution in [1.29, 1.82) is 0 Å². The molecule has 1 N–H and O–H groups in total. The Morgan fingerprint density at radius 3 is 2.82 bits per heavy atom. The summed E-state index contributed by atoms with van der Waals surface area (Å²) >= 11 is 6.47. The molecule has 0 atom stereocenters. The van der Waals surface area contributed by atoms with Crippen LogP contribution in [0.2, 0.25) is 0 Å². The summed E-state index contributed by atoms with van der Waals surface area (Å²) in [7, 11) is 0. The molecule has 3 rings (SSSR count). The van der Waals surface area contributed by atoms with Crippen molar-refractivity contribution in [2.75, 3.05) is 11.1 Å². The van der Waals surface area contributed by atoms with E-state index in [1.807, 2.05) is 6.07 Å². The summed E-state index contributed by atoms with van der Waals surface area (Å²) in [5.41, 5.74) is 2.48. The van der Waals surface area contributed by atoms with Gasteiger partial charge in [-0.3, -0.25) is 4.79 Å². The van der Waals surface area contributed by atoms with Crippen LogP contribution >= 0.6 is 39.0 Å². The van der Waals surface area contributed by atoms with Crippen molar-refractivity contribution >= 4 is 50.8 Å². The van der Waals surface area contributed by atoms with E-state index in [1.54, 1.807) is 23.6 Å². The largest absolute Gasteiger partial charge is 0.310 e. The number of aromatic nitrogens is 4. The van der Waals surface area contributed by atoms with Crippen molar-refractivity contribution in [2.45, 2.75) is 45.3 Å². The normalized spacial score (nSPS) is 11.0. The third-order valence-corrected chi connectivity index (χ3v) is 6.58. The molecule has 0 spiro atoms. The van der Waals surface area contributed by atoms with Gasteiger partial charge in [-0.1, -0.05) is 25.6 Å². The number of anilines is 1. The fourth-order valence-electron chi connectivity index (χ4n) is 2.88. The molecule has 0 saturated heterocycles. The lowest BCUT2D eigenvalue weighted by Gasteiger charge is -2.09.